The molecule has 1 atom stereocenters. The lowest BCUT2D eigenvalue weighted by molar-refractivity contribution is -0.138. The summed E-state index contributed by atoms with van der Waals surface area (Å²) < 4.78 is 5.88. The van der Waals surface area contributed by atoms with Crippen molar-refractivity contribution in [2.75, 3.05) is 12.4 Å². The molecule has 170 valence electrons. The van der Waals surface area contributed by atoms with Crippen molar-refractivity contribution < 1.29 is 14.6 Å². The zero-order chi connectivity index (χ0) is 22.3. The summed E-state index contributed by atoms with van der Waals surface area (Å²) in [6.07, 6.45) is 9.29. The maximum atomic E-state index is 11.4. The molecule has 2 N–H and O–H groups in total. The second-order valence-electron chi connectivity index (χ2n) is 9.34. The SMILES string of the molecule is CCCCCCCCOc1ccc(N=C2CC(C)(C)CC3=C2SCC(C(=O)O)N3)cc1. The van der Waals surface area contributed by atoms with Gasteiger partial charge in [-0.3, -0.25) is 4.99 Å². The molecule has 31 heavy (non-hydrogen) atoms. The van der Waals surface area contributed by atoms with Gasteiger partial charge in [-0.25, -0.2) is 4.79 Å². The summed E-state index contributed by atoms with van der Waals surface area (Å²) in [5, 5.41) is 12.6. The number of allylic oxidation sites excluding steroid dienone is 2. The van der Waals surface area contributed by atoms with Crippen molar-refractivity contribution in [2.45, 2.75) is 78.2 Å². The molecule has 1 aliphatic carbocycles. The van der Waals surface area contributed by atoms with Crippen LogP contribution in [-0.2, 0) is 4.79 Å². The predicted octanol–water partition coefficient (Wildman–Crippen LogP) is 6.32. The Morgan fingerprint density at radius 1 is 1.16 bits per heavy atom. The Bertz CT molecular complexity index is 815. The summed E-state index contributed by atoms with van der Waals surface area (Å²) >= 11 is 1.62. The van der Waals surface area contributed by atoms with Crippen molar-refractivity contribution >= 4 is 29.1 Å². The van der Waals surface area contributed by atoms with Gasteiger partial charge in [-0.1, -0.05) is 52.9 Å². The second kappa shape index (κ2) is 11.1. The molecule has 3 rings (SSSR count). The second-order valence-corrected chi connectivity index (χ2v) is 10.4. The van der Waals surface area contributed by atoms with Gasteiger partial charge in [0.05, 0.1) is 18.0 Å². The van der Waals surface area contributed by atoms with Crippen LogP contribution in [0.15, 0.2) is 39.9 Å². The van der Waals surface area contributed by atoms with Gasteiger partial charge in [0.15, 0.2) is 0 Å². The largest absolute Gasteiger partial charge is 0.494 e. The summed E-state index contributed by atoms with van der Waals surface area (Å²) in [5.41, 5.74) is 3.03. The highest BCUT2D eigenvalue weighted by Crippen LogP contribution is 2.43. The van der Waals surface area contributed by atoms with E-state index in [1.807, 2.05) is 24.3 Å². The first kappa shape index (κ1) is 23.7. The number of hydrogen-bond donors (Lipinski definition) is 2. The zero-order valence-corrected chi connectivity index (χ0v) is 19.9. The maximum Gasteiger partial charge on any atom is 0.326 e. The Balaban J connectivity index is 1.61. The normalized spacial score (nSPS) is 21.5. The average molecular weight is 445 g/mol. The van der Waals surface area contributed by atoms with Gasteiger partial charge in [0.1, 0.15) is 11.8 Å². The van der Waals surface area contributed by atoms with E-state index in [1.165, 1.54) is 32.1 Å². The molecule has 0 fully saturated rings. The molecule has 5 nitrogen and oxygen atoms in total. The van der Waals surface area contributed by atoms with E-state index in [0.29, 0.717) is 5.75 Å². The smallest absolute Gasteiger partial charge is 0.326 e. The highest BCUT2D eigenvalue weighted by molar-refractivity contribution is 8.04. The van der Waals surface area contributed by atoms with Crippen molar-refractivity contribution in [1.82, 2.24) is 5.32 Å². The topological polar surface area (TPSA) is 70.9 Å². The van der Waals surface area contributed by atoms with Crippen LogP contribution in [-0.4, -0.2) is 35.2 Å². The van der Waals surface area contributed by atoms with Crippen LogP contribution in [0.5, 0.6) is 5.75 Å². The van der Waals surface area contributed by atoms with Crippen LogP contribution >= 0.6 is 11.8 Å². The fraction of sp³-hybridized carbons (Fsp3) is 0.600. The molecule has 1 heterocycles. The highest BCUT2D eigenvalue weighted by atomic mass is 32.2. The lowest BCUT2D eigenvalue weighted by Crippen LogP contribution is -2.44. The van der Waals surface area contributed by atoms with Crippen molar-refractivity contribution in [3.05, 3.63) is 34.9 Å². The summed E-state index contributed by atoms with van der Waals surface area (Å²) in [6.45, 7) is 7.42. The fourth-order valence-corrected chi connectivity index (χ4v) is 5.25. The molecule has 2 aliphatic rings. The van der Waals surface area contributed by atoms with Gasteiger partial charge >= 0.3 is 5.97 Å². The van der Waals surface area contributed by atoms with Crippen LogP contribution in [0.3, 0.4) is 0 Å². The molecule has 0 aromatic heterocycles. The molecule has 1 aromatic rings. The van der Waals surface area contributed by atoms with Gasteiger partial charge < -0.3 is 15.2 Å². The number of carbonyl (C=O) groups is 1. The van der Waals surface area contributed by atoms with Gasteiger partial charge in [-0.05, 0) is 48.9 Å². The Labute approximate surface area is 190 Å². The number of carboxylic acids is 1. The third-order valence-electron chi connectivity index (χ3n) is 5.75. The molecule has 0 bridgehead atoms. The van der Waals surface area contributed by atoms with Gasteiger partial charge in [-0.15, -0.1) is 11.8 Å². The average Bonchev–Trinajstić information content (AvgIpc) is 2.73. The molecular formula is C25H36N2O3S. The van der Waals surface area contributed by atoms with E-state index < -0.39 is 12.0 Å². The molecule has 0 saturated heterocycles. The van der Waals surface area contributed by atoms with Gasteiger partial charge in [0, 0.05) is 16.4 Å². The number of carboxylic acid groups (broad SMARTS) is 1. The predicted molar refractivity (Wildman–Crippen MR) is 129 cm³/mol. The van der Waals surface area contributed by atoms with E-state index >= 15 is 0 Å². The van der Waals surface area contributed by atoms with Crippen LogP contribution in [0.1, 0.15) is 72.1 Å². The first-order valence-electron chi connectivity index (χ1n) is 11.5. The van der Waals surface area contributed by atoms with E-state index in [4.69, 9.17) is 9.73 Å². The molecular weight excluding hydrogens is 408 g/mol. The lowest BCUT2D eigenvalue weighted by Gasteiger charge is -2.38. The third kappa shape index (κ3) is 7.03. The van der Waals surface area contributed by atoms with Crippen LogP contribution in [0.2, 0.25) is 0 Å². The number of hydrogen-bond acceptors (Lipinski definition) is 5. The van der Waals surface area contributed by atoms with Gasteiger partial charge in [0.25, 0.3) is 0 Å². The number of aliphatic imine (C=N–C) groups is 1. The standard InChI is InChI=1S/C25H36N2O3S/c1-4-5-6-7-8-9-14-30-19-12-10-18(11-13-19)26-20-15-25(2,3)16-21-23(20)31-17-22(27-21)24(28)29/h10-13,22,27H,4-9,14-17H2,1-3H3,(H,28,29). The summed E-state index contributed by atoms with van der Waals surface area (Å²) in [4.78, 5) is 17.5. The molecule has 0 radical (unpaired) electrons. The van der Waals surface area contributed by atoms with Crippen LogP contribution in [0.25, 0.3) is 0 Å². The number of ether oxygens (including phenoxy) is 1. The minimum Gasteiger partial charge on any atom is -0.494 e. The van der Waals surface area contributed by atoms with Gasteiger partial charge in [0.2, 0.25) is 0 Å². The lowest BCUT2D eigenvalue weighted by atomic mass is 9.78. The van der Waals surface area contributed by atoms with E-state index in [0.717, 1.165) is 53.6 Å². The molecule has 1 aromatic carbocycles. The Morgan fingerprint density at radius 2 is 1.87 bits per heavy atom. The Kier molecular flexibility index (Phi) is 8.47. The van der Waals surface area contributed by atoms with Crippen molar-refractivity contribution in [2.24, 2.45) is 10.4 Å². The van der Waals surface area contributed by atoms with E-state index in [-0.39, 0.29) is 5.41 Å². The van der Waals surface area contributed by atoms with E-state index in [2.05, 4.69) is 26.1 Å². The summed E-state index contributed by atoms with van der Waals surface area (Å²) in [6, 6.07) is 7.47. The molecule has 0 spiro atoms. The van der Waals surface area contributed by atoms with E-state index in [1.54, 1.807) is 11.8 Å². The summed E-state index contributed by atoms with van der Waals surface area (Å²) in [5.74, 6) is 0.621. The Morgan fingerprint density at radius 3 is 2.58 bits per heavy atom. The number of benzene rings is 1. The monoisotopic (exact) mass is 444 g/mol. The highest BCUT2D eigenvalue weighted by Gasteiger charge is 2.36. The zero-order valence-electron chi connectivity index (χ0n) is 19.1. The van der Waals surface area contributed by atoms with Crippen molar-refractivity contribution in [3.8, 4) is 5.75 Å². The Hall–Kier alpha value is -1.95. The van der Waals surface area contributed by atoms with Crippen LogP contribution < -0.4 is 10.1 Å². The minimum atomic E-state index is -0.794. The third-order valence-corrected chi connectivity index (χ3v) is 7.02. The number of rotatable bonds is 10. The minimum absolute atomic E-state index is 0.0474. The number of aliphatic carboxylic acids is 1. The van der Waals surface area contributed by atoms with Crippen molar-refractivity contribution in [3.63, 3.8) is 0 Å². The van der Waals surface area contributed by atoms with Crippen LogP contribution in [0, 0.1) is 5.41 Å². The van der Waals surface area contributed by atoms with Crippen LogP contribution in [0.4, 0.5) is 5.69 Å². The number of nitrogens with one attached hydrogen (secondary N) is 1. The maximum absolute atomic E-state index is 11.4. The quantitative estimate of drug-likeness (QED) is 0.413. The number of thioether (sulfide) groups is 1. The fourth-order valence-electron chi connectivity index (χ4n) is 4.10. The number of unbranched alkanes of at least 4 members (excludes halogenated alkanes) is 5. The molecule has 6 heteroatoms. The molecule has 0 saturated carbocycles. The first-order chi connectivity index (χ1) is 14.9. The first-order valence-corrected chi connectivity index (χ1v) is 12.5. The summed E-state index contributed by atoms with van der Waals surface area (Å²) in [7, 11) is 0. The van der Waals surface area contributed by atoms with E-state index in [9.17, 15) is 9.90 Å². The molecule has 0 amide bonds. The molecule has 1 aliphatic heterocycles. The molecule has 1 unspecified atom stereocenters. The number of nitrogens with zero attached hydrogens (tertiary/aromatic N) is 1. The van der Waals surface area contributed by atoms with Crippen molar-refractivity contribution in [1.29, 1.82) is 0 Å². The van der Waals surface area contributed by atoms with Gasteiger partial charge in [-0.2, -0.15) is 0 Å².